The predicted molar refractivity (Wildman–Crippen MR) is 98.1 cm³/mol. The van der Waals surface area contributed by atoms with Gasteiger partial charge in [0.1, 0.15) is 11.5 Å². The molecule has 0 aliphatic rings. The highest BCUT2D eigenvalue weighted by Gasteiger charge is 1.99. The molecular formula is C18H22N2O2S. The zero-order chi connectivity index (χ0) is 16.7. The standard InChI is InChI=1S/C18H22N2O2S/c1-13-10-14(2)12-15(11-13)20-18(19)23-9-8-22-17-6-4-16(21-3)5-7-17/h4-7,10-12H,8-9H2,1-3H3,(H2,19,20). The summed E-state index contributed by atoms with van der Waals surface area (Å²) in [5.74, 6) is 2.37. The normalized spacial score (nSPS) is 11.3. The second-order valence-corrected chi connectivity index (χ2v) is 6.28. The number of hydrogen-bond donors (Lipinski definition) is 1. The third kappa shape index (κ3) is 5.87. The molecule has 0 aliphatic heterocycles. The summed E-state index contributed by atoms with van der Waals surface area (Å²) >= 11 is 1.49. The van der Waals surface area contributed by atoms with Crippen LogP contribution in [-0.4, -0.2) is 24.6 Å². The number of ether oxygens (including phenoxy) is 2. The van der Waals surface area contributed by atoms with Crippen LogP contribution in [0.3, 0.4) is 0 Å². The fourth-order valence-corrected chi connectivity index (χ4v) is 2.70. The number of methoxy groups -OCH3 is 1. The average Bonchev–Trinajstić information content (AvgIpc) is 2.51. The Morgan fingerprint density at radius 3 is 2.26 bits per heavy atom. The van der Waals surface area contributed by atoms with Crippen molar-refractivity contribution in [1.29, 1.82) is 0 Å². The van der Waals surface area contributed by atoms with Gasteiger partial charge in [-0.25, -0.2) is 4.99 Å². The van der Waals surface area contributed by atoms with E-state index in [1.165, 1.54) is 22.9 Å². The van der Waals surface area contributed by atoms with Crippen LogP contribution < -0.4 is 15.2 Å². The number of thioether (sulfide) groups is 1. The van der Waals surface area contributed by atoms with Crippen LogP contribution in [0.5, 0.6) is 11.5 Å². The summed E-state index contributed by atoms with van der Waals surface area (Å²) in [7, 11) is 1.64. The van der Waals surface area contributed by atoms with E-state index >= 15 is 0 Å². The monoisotopic (exact) mass is 330 g/mol. The summed E-state index contributed by atoms with van der Waals surface area (Å²) in [6, 6.07) is 13.7. The SMILES string of the molecule is COc1ccc(OCCSC(N)=Nc2cc(C)cc(C)c2)cc1. The molecule has 0 heterocycles. The van der Waals surface area contributed by atoms with Crippen molar-refractivity contribution in [3.05, 3.63) is 53.6 Å². The largest absolute Gasteiger partial charge is 0.497 e. The second kappa shape index (κ2) is 8.48. The Morgan fingerprint density at radius 1 is 1.04 bits per heavy atom. The molecule has 0 saturated carbocycles. The Labute approximate surface area is 141 Å². The number of amidine groups is 1. The Kier molecular flexibility index (Phi) is 6.35. The molecule has 0 radical (unpaired) electrons. The van der Waals surface area contributed by atoms with Gasteiger partial charge in [-0.3, -0.25) is 0 Å². The van der Waals surface area contributed by atoms with Gasteiger partial charge in [0.15, 0.2) is 5.17 Å². The summed E-state index contributed by atoms with van der Waals surface area (Å²) in [6.45, 7) is 4.68. The molecular weight excluding hydrogens is 308 g/mol. The highest BCUT2D eigenvalue weighted by Crippen LogP contribution is 2.19. The van der Waals surface area contributed by atoms with Crippen LogP contribution in [0.4, 0.5) is 5.69 Å². The zero-order valence-electron chi connectivity index (χ0n) is 13.7. The van der Waals surface area contributed by atoms with Gasteiger partial charge in [0.2, 0.25) is 0 Å². The number of hydrogen-bond acceptors (Lipinski definition) is 4. The van der Waals surface area contributed by atoms with Crippen LogP contribution >= 0.6 is 11.8 Å². The summed E-state index contributed by atoms with van der Waals surface area (Å²) in [5.41, 5.74) is 9.23. The van der Waals surface area contributed by atoms with Crippen molar-refractivity contribution < 1.29 is 9.47 Å². The first-order valence-corrected chi connectivity index (χ1v) is 8.37. The molecule has 23 heavy (non-hydrogen) atoms. The van der Waals surface area contributed by atoms with Crippen LogP contribution in [0.1, 0.15) is 11.1 Å². The average molecular weight is 330 g/mol. The molecule has 0 aliphatic carbocycles. The number of aliphatic imine (C=N–C) groups is 1. The predicted octanol–water partition coefficient (Wildman–Crippen LogP) is 4.07. The summed E-state index contributed by atoms with van der Waals surface area (Å²) in [4.78, 5) is 4.43. The molecule has 4 nitrogen and oxygen atoms in total. The van der Waals surface area contributed by atoms with Gasteiger partial charge in [-0.1, -0.05) is 17.8 Å². The molecule has 2 rings (SSSR count). The number of benzene rings is 2. The van der Waals surface area contributed by atoms with Gasteiger partial charge in [-0.15, -0.1) is 0 Å². The molecule has 5 heteroatoms. The Hall–Kier alpha value is -2.14. The molecule has 0 saturated heterocycles. The molecule has 0 amide bonds. The van der Waals surface area contributed by atoms with E-state index in [1.54, 1.807) is 7.11 Å². The van der Waals surface area contributed by atoms with Gasteiger partial charge in [-0.05, 0) is 61.4 Å². The maximum atomic E-state index is 5.96. The Morgan fingerprint density at radius 2 is 1.65 bits per heavy atom. The van der Waals surface area contributed by atoms with Gasteiger partial charge in [0.25, 0.3) is 0 Å². The minimum atomic E-state index is 0.549. The topological polar surface area (TPSA) is 56.8 Å². The molecule has 0 aromatic heterocycles. The first-order valence-electron chi connectivity index (χ1n) is 7.39. The fraction of sp³-hybridized carbons (Fsp3) is 0.278. The zero-order valence-corrected chi connectivity index (χ0v) is 14.5. The second-order valence-electron chi connectivity index (χ2n) is 5.17. The number of nitrogens with two attached hydrogens (primary N) is 1. The van der Waals surface area contributed by atoms with Crippen LogP contribution in [0.2, 0.25) is 0 Å². The van der Waals surface area contributed by atoms with E-state index in [1.807, 2.05) is 36.4 Å². The van der Waals surface area contributed by atoms with Gasteiger partial charge in [-0.2, -0.15) is 0 Å². The van der Waals surface area contributed by atoms with E-state index in [-0.39, 0.29) is 0 Å². The van der Waals surface area contributed by atoms with Gasteiger partial charge < -0.3 is 15.2 Å². The van der Waals surface area contributed by atoms with Gasteiger partial charge >= 0.3 is 0 Å². The number of nitrogens with zero attached hydrogens (tertiary/aromatic N) is 1. The van der Waals surface area contributed by atoms with Crippen molar-refractivity contribution in [2.24, 2.45) is 10.7 Å². The molecule has 0 spiro atoms. The van der Waals surface area contributed by atoms with E-state index in [2.05, 4.69) is 24.9 Å². The van der Waals surface area contributed by atoms with Crippen molar-refractivity contribution >= 4 is 22.6 Å². The van der Waals surface area contributed by atoms with Crippen molar-refractivity contribution in [2.45, 2.75) is 13.8 Å². The van der Waals surface area contributed by atoms with E-state index in [4.69, 9.17) is 15.2 Å². The molecule has 2 N–H and O–H groups in total. The summed E-state index contributed by atoms with van der Waals surface area (Å²) in [6.07, 6.45) is 0. The lowest BCUT2D eigenvalue weighted by atomic mass is 10.1. The molecule has 2 aromatic carbocycles. The molecule has 122 valence electrons. The minimum Gasteiger partial charge on any atom is -0.497 e. The maximum absolute atomic E-state index is 5.96. The third-order valence-corrected chi connectivity index (χ3v) is 3.87. The third-order valence-electron chi connectivity index (χ3n) is 3.11. The smallest absolute Gasteiger partial charge is 0.159 e. The van der Waals surface area contributed by atoms with Gasteiger partial charge in [0.05, 0.1) is 19.4 Å². The minimum absolute atomic E-state index is 0.549. The van der Waals surface area contributed by atoms with E-state index in [0.29, 0.717) is 11.8 Å². The quantitative estimate of drug-likeness (QED) is 0.493. The molecule has 2 aromatic rings. The molecule has 0 atom stereocenters. The lowest BCUT2D eigenvalue weighted by molar-refractivity contribution is 0.343. The summed E-state index contributed by atoms with van der Waals surface area (Å²) < 4.78 is 10.8. The van der Waals surface area contributed by atoms with Crippen LogP contribution in [0, 0.1) is 13.8 Å². The van der Waals surface area contributed by atoms with Crippen molar-refractivity contribution in [3.63, 3.8) is 0 Å². The van der Waals surface area contributed by atoms with Crippen molar-refractivity contribution in [1.82, 2.24) is 0 Å². The fourth-order valence-electron chi connectivity index (χ4n) is 2.15. The molecule has 0 fully saturated rings. The highest BCUT2D eigenvalue weighted by molar-refractivity contribution is 8.13. The lowest BCUT2D eigenvalue weighted by Gasteiger charge is -2.07. The number of rotatable bonds is 6. The Bertz CT molecular complexity index is 649. The highest BCUT2D eigenvalue weighted by atomic mass is 32.2. The Balaban J connectivity index is 1.79. The van der Waals surface area contributed by atoms with E-state index < -0.39 is 0 Å². The van der Waals surface area contributed by atoms with Crippen LogP contribution in [0.15, 0.2) is 47.5 Å². The first-order chi connectivity index (χ1) is 11.1. The van der Waals surface area contributed by atoms with E-state index in [0.717, 1.165) is 22.9 Å². The van der Waals surface area contributed by atoms with Crippen molar-refractivity contribution in [3.8, 4) is 11.5 Å². The summed E-state index contributed by atoms with van der Waals surface area (Å²) in [5, 5.41) is 0.549. The number of aryl methyl sites for hydroxylation is 2. The molecule has 0 unspecified atom stereocenters. The van der Waals surface area contributed by atoms with Gasteiger partial charge in [0, 0.05) is 5.75 Å². The maximum Gasteiger partial charge on any atom is 0.159 e. The van der Waals surface area contributed by atoms with Crippen molar-refractivity contribution in [2.75, 3.05) is 19.5 Å². The lowest BCUT2D eigenvalue weighted by Crippen LogP contribution is -2.10. The first kappa shape index (κ1) is 17.2. The molecule has 0 bridgehead atoms. The van der Waals surface area contributed by atoms with E-state index in [9.17, 15) is 0 Å². The van der Waals surface area contributed by atoms with Crippen LogP contribution in [-0.2, 0) is 0 Å². The van der Waals surface area contributed by atoms with Crippen LogP contribution in [0.25, 0.3) is 0 Å².